The number of nitrogens with one attached hydrogen (secondary N) is 2. The second-order valence-electron chi connectivity index (χ2n) is 18.9. The van der Waals surface area contributed by atoms with E-state index in [1.165, 1.54) is 6.42 Å². The van der Waals surface area contributed by atoms with Crippen molar-refractivity contribution >= 4 is 17.5 Å². The first-order chi connectivity index (χ1) is 28.0. The Bertz CT molecular complexity index is 1990. The third-order valence-corrected chi connectivity index (χ3v) is 14.5. The molecule has 12 nitrogen and oxygen atoms in total. The van der Waals surface area contributed by atoms with Gasteiger partial charge in [0, 0.05) is 61.1 Å². The van der Waals surface area contributed by atoms with Crippen molar-refractivity contribution in [3.05, 3.63) is 83.4 Å². The molecule has 8 rings (SSSR count). The molecule has 9 atom stereocenters. The van der Waals surface area contributed by atoms with E-state index in [9.17, 15) is 19.8 Å². The molecule has 1 aliphatic heterocycles. The van der Waals surface area contributed by atoms with Crippen molar-refractivity contribution in [3.63, 3.8) is 0 Å². The number of aliphatic hydroxyl groups is 2. The second kappa shape index (κ2) is 16.8. The molecule has 2 amide bonds. The topological polar surface area (TPSA) is 153 Å². The number of likely N-dealkylation sites (N-methyl/N-ethyl adjacent to an activating group) is 2. The van der Waals surface area contributed by atoms with Gasteiger partial charge in [-0.25, -0.2) is 0 Å². The normalized spacial score (nSPS) is 29.8. The fourth-order valence-corrected chi connectivity index (χ4v) is 11.0. The van der Waals surface area contributed by atoms with Gasteiger partial charge >= 0.3 is 0 Å². The molecule has 5 aliphatic rings. The van der Waals surface area contributed by atoms with Gasteiger partial charge in [-0.3, -0.25) is 14.4 Å². The number of para-hydroxylation sites is 1. The summed E-state index contributed by atoms with van der Waals surface area (Å²) in [7, 11) is 7.50. The number of rotatable bonds is 16. The van der Waals surface area contributed by atoms with Crippen LogP contribution in [0.3, 0.4) is 0 Å². The molecule has 3 aromatic rings. The van der Waals surface area contributed by atoms with Crippen LogP contribution in [0, 0.1) is 28.6 Å². The SMILES string of the molecule is COc1c(CN2O[C@@H](CN)[C@]3(CC3(C)O)[C@H]2C(=O)N[C@H]2C[C@H]3C[C@@H]([C@@H]2C)C3(C)C)cccc1-c1cc(C(=O)N[C@@H](Cc2ccccc2)CN(C)C)cc(N(C)CCO)c1. The number of carbonyl (C=O) groups is 2. The highest BCUT2D eigenvalue weighted by Crippen LogP contribution is 2.66. The summed E-state index contributed by atoms with van der Waals surface area (Å²) in [5.74, 6) is 1.72. The molecule has 1 heterocycles. The van der Waals surface area contributed by atoms with Crippen LogP contribution in [-0.2, 0) is 22.6 Å². The van der Waals surface area contributed by atoms with Crippen LogP contribution in [0.15, 0.2) is 66.7 Å². The number of nitrogens with two attached hydrogens (primary N) is 1. The summed E-state index contributed by atoms with van der Waals surface area (Å²) in [6, 6.07) is 20.9. The number of ether oxygens (including phenoxy) is 1. The first kappa shape index (κ1) is 43.1. The molecule has 59 heavy (non-hydrogen) atoms. The lowest BCUT2D eigenvalue weighted by Gasteiger charge is -2.62. The highest BCUT2D eigenvalue weighted by molar-refractivity contribution is 5.97. The summed E-state index contributed by atoms with van der Waals surface area (Å²) in [6.45, 7) is 10.1. The van der Waals surface area contributed by atoms with Crippen molar-refractivity contribution in [3.8, 4) is 16.9 Å². The van der Waals surface area contributed by atoms with E-state index < -0.39 is 23.2 Å². The number of fused-ring (bicyclic) bond motifs is 2. The van der Waals surface area contributed by atoms with Gasteiger partial charge in [-0.2, -0.15) is 5.06 Å². The molecule has 5 fully saturated rings. The number of carbonyl (C=O) groups excluding carboxylic acids is 2. The number of amides is 2. The number of methoxy groups -OCH3 is 1. The van der Waals surface area contributed by atoms with Crippen molar-refractivity contribution in [1.29, 1.82) is 0 Å². The van der Waals surface area contributed by atoms with Crippen LogP contribution in [0.2, 0.25) is 0 Å². The maximum absolute atomic E-state index is 14.6. The lowest BCUT2D eigenvalue weighted by Crippen LogP contribution is -2.62. The van der Waals surface area contributed by atoms with Gasteiger partial charge in [0.15, 0.2) is 0 Å². The van der Waals surface area contributed by atoms with E-state index >= 15 is 0 Å². The van der Waals surface area contributed by atoms with Crippen molar-refractivity contribution in [2.45, 2.75) is 89.8 Å². The van der Waals surface area contributed by atoms with Gasteiger partial charge < -0.3 is 41.1 Å². The Morgan fingerprint density at radius 2 is 1.78 bits per heavy atom. The first-order valence-corrected chi connectivity index (χ1v) is 21.3. The number of hydrogen-bond acceptors (Lipinski definition) is 10. The van der Waals surface area contributed by atoms with E-state index in [0.717, 1.165) is 34.4 Å². The number of hydrogen-bond donors (Lipinski definition) is 5. The third-order valence-electron chi connectivity index (χ3n) is 14.5. The summed E-state index contributed by atoms with van der Waals surface area (Å²) in [5.41, 5.74) is 9.31. The summed E-state index contributed by atoms with van der Waals surface area (Å²) in [4.78, 5) is 39.3. The zero-order valence-corrected chi connectivity index (χ0v) is 36.2. The highest BCUT2D eigenvalue weighted by atomic mass is 16.7. The molecule has 320 valence electrons. The smallest absolute Gasteiger partial charge is 0.251 e. The van der Waals surface area contributed by atoms with E-state index in [1.807, 2.05) is 80.6 Å². The maximum atomic E-state index is 14.6. The second-order valence-corrected chi connectivity index (χ2v) is 18.9. The minimum Gasteiger partial charge on any atom is -0.496 e. The van der Waals surface area contributed by atoms with Gasteiger partial charge in [0.25, 0.3) is 5.91 Å². The van der Waals surface area contributed by atoms with E-state index in [2.05, 4.69) is 48.4 Å². The summed E-state index contributed by atoms with van der Waals surface area (Å²) in [6.07, 6.45) is 2.69. The van der Waals surface area contributed by atoms with Gasteiger partial charge in [0.1, 0.15) is 17.9 Å². The zero-order valence-electron chi connectivity index (χ0n) is 36.2. The number of hydroxylamine groups is 2. The number of anilines is 1. The van der Waals surface area contributed by atoms with Crippen molar-refractivity contribution < 1.29 is 29.4 Å². The maximum Gasteiger partial charge on any atom is 0.251 e. The van der Waals surface area contributed by atoms with Gasteiger partial charge in [0.05, 0.1) is 31.3 Å². The highest BCUT2D eigenvalue weighted by Gasteiger charge is 2.78. The van der Waals surface area contributed by atoms with Crippen LogP contribution in [0.5, 0.6) is 5.75 Å². The lowest BCUT2D eigenvalue weighted by molar-refractivity contribution is -0.176. The van der Waals surface area contributed by atoms with Gasteiger partial charge in [-0.15, -0.1) is 0 Å². The van der Waals surface area contributed by atoms with Crippen LogP contribution in [-0.4, -0.2) is 116 Å². The largest absolute Gasteiger partial charge is 0.496 e. The van der Waals surface area contributed by atoms with Crippen LogP contribution < -0.4 is 26.0 Å². The lowest BCUT2D eigenvalue weighted by atomic mass is 9.45. The van der Waals surface area contributed by atoms with Crippen molar-refractivity contribution in [2.24, 2.45) is 34.3 Å². The Labute approximate surface area is 350 Å². The Morgan fingerprint density at radius 3 is 2.39 bits per heavy atom. The van der Waals surface area contributed by atoms with Crippen LogP contribution in [0.4, 0.5) is 5.69 Å². The molecule has 0 aromatic heterocycles. The van der Waals surface area contributed by atoms with Crippen molar-refractivity contribution in [1.82, 2.24) is 20.6 Å². The number of benzene rings is 3. The van der Waals surface area contributed by atoms with E-state index in [-0.39, 0.29) is 49.0 Å². The molecule has 2 bridgehead atoms. The molecule has 0 radical (unpaired) electrons. The number of nitrogens with zero attached hydrogens (tertiary/aromatic N) is 3. The van der Waals surface area contributed by atoms with E-state index in [1.54, 1.807) is 19.1 Å². The number of aliphatic hydroxyl groups excluding tert-OH is 1. The Morgan fingerprint density at radius 1 is 1.05 bits per heavy atom. The van der Waals surface area contributed by atoms with Crippen LogP contribution >= 0.6 is 0 Å². The molecular formula is C47H66N6O6. The average Bonchev–Trinajstić information content (AvgIpc) is 3.62. The Kier molecular flexibility index (Phi) is 12.2. The Hall–Kier alpha value is -4.04. The summed E-state index contributed by atoms with van der Waals surface area (Å²) >= 11 is 0. The molecule has 6 N–H and O–H groups in total. The minimum absolute atomic E-state index is 0.0510. The molecule has 4 saturated carbocycles. The van der Waals surface area contributed by atoms with Crippen LogP contribution in [0.25, 0.3) is 11.1 Å². The molecule has 3 aromatic carbocycles. The third kappa shape index (κ3) is 8.12. The molecule has 1 saturated heterocycles. The van der Waals surface area contributed by atoms with Gasteiger partial charge in [0.2, 0.25) is 5.91 Å². The van der Waals surface area contributed by atoms with Gasteiger partial charge in [-0.1, -0.05) is 69.3 Å². The summed E-state index contributed by atoms with van der Waals surface area (Å²) in [5, 5.41) is 29.9. The average molecular weight is 811 g/mol. The molecule has 1 spiro atoms. The standard InChI is InChI=1S/C47H66N6O6/c1-29-38-23-34(45(38,2)3)24-39(29)50-44(56)42-47(28-46(47,4)57)40(25-48)59-53(42)26-31-15-12-16-37(41(31)58-8)32-20-33(22-36(21-32)52(7)17-18-54)43(55)49-35(27-51(5)6)19-30-13-10-9-11-14-30/h9-16,20-22,29,34-35,38-40,42,54,57H,17-19,23-28,48H2,1-8H3,(H,49,55)(H,50,56)/t29-,34+,35-,38-,39-,40-,42+,46?,47+/m0/s1. The molecule has 12 heteroatoms. The van der Waals surface area contributed by atoms with Gasteiger partial charge in [-0.05, 0) is 99.2 Å². The van der Waals surface area contributed by atoms with Crippen molar-refractivity contribution in [2.75, 3.05) is 59.4 Å². The fraction of sp³-hybridized carbons (Fsp3) is 0.574. The quantitative estimate of drug-likeness (QED) is 0.140. The molecular weight excluding hydrogens is 745 g/mol. The summed E-state index contributed by atoms with van der Waals surface area (Å²) < 4.78 is 6.18. The predicted molar refractivity (Wildman–Crippen MR) is 231 cm³/mol. The van der Waals surface area contributed by atoms with Crippen LogP contribution in [0.1, 0.15) is 68.4 Å². The Balaban J connectivity index is 1.19. The monoisotopic (exact) mass is 811 g/mol. The first-order valence-electron chi connectivity index (χ1n) is 21.3. The minimum atomic E-state index is -1.12. The molecule has 4 aliphatic carbocycles. The zero-order chi connectivity index (χ0) is 42.4. The molecule has 1 unspecified atom stereocenters. The van der Waals surface area contributed by atoms with E-state index in [0.29, 0.717) is 55.0 Å². The predicted octanol–water partition coefficient (Wildman–Crippen LogP) is 4.46. The van der Waals surface area contributed by atoms with E-state index in [4.69, 9.17) is 15.3 Å². The fourth-order valence-electron chi connectivity index (χ4n) is 11.0.